The van der Waals surface area contributed by atoms with Crippen LogP contribution >= 0.6 is 0 Å². The number of amidine groups is 1. The van der Waals surface area contributed by atoms with Crippen LogP contribution in [0, 0.1) is 11.5 Å². The molecule has 1 amide bonds. The number of ether oxygens (including phenoxy) is 1. The second kappa shape index (κ2) is 7.09. The molecule has 0 aliphatic carbocycles. The molecule has 0 radical (unpaired) electrons. The highest BCUT2D eigenvalue weighted by atomic mass is 16.6. The summed E-state index contributed by atoms with van der Waals surface area (Å²) in [5, 5.41) is 8.92. The number of amides is 1. The Bertz CT molecular complexity index is 608. The van der Waals surface area contributed by atoms with Gasteiger partial charge in [0.1, 0.15) is 11.3 Å². The first-order valence-corrected chi connectivity index (χ1v) is 7.52. The monoisotopic (exact) mass is 315 g/mol. The first kappa shape index (κ1) is 16.7. The average Bonchev–Trinajstić information content (AvgIpc) is 2.52. The quantitative estimate of drug-likeness (QED) is 0.449. The van der Waals surface area contributed by atoms with Crippen molar-refractivity contribution in [2.45, 2.75) is 26.4 Å². The van der Waals surface area contributed by atoms with E-state index in [0.29, 0.717) is 37.7 Å². The van der Waals surface area contributed by atoms with Crippen LogP contribution in [0.4, 0.5) is 4.79 Å². The summed E-state index contributed by atoms with van der Waals surface area (Å²) in [5.41, 5.74) is 0.148. The third kappa shape index (κ3) is 4.68. The van der Waals surface area contributed by atoms with E-state index in [0.717, 1.165) is 0 Å². The van der Waals surface area contributed by atoms with E-state index in [-0.39, 0.29) is 6.09 Å². The van der Waals surface area contributed by atoms with Crippen LogP contribution in [0.3, 0.4) is 0 Å². The molecule has 1 saturated heterocycles. The van der Waals surface area contributed by atoms with Gasteiger partial charge >= 0.3 is 6.09 Å². The topological polar surface area (TPSA) is 81.8 Å². The van der Waals surface area contributed by atoms with Crippen LogP contribution in [0.15, 0.2) is 29.4 Å². The van der Waals surface area contributed by atoms with Gasteiger partial charge in [-0.1, -0.05) is 6.07 Å². The number of carbonyl (C=O) groups is 1. The molecule has 0 unspecified atom stereocenters. The van der Waals surface area contributed by atoms with Crippen molar-refractivity contribution in [2.75, 3.05) is 26.2 Å². The van der Waals surface area contributed by atoms with Crippen molar-refractivity contribution in [3.8, 4) is 6.19 Å². The Hall–Kier alpha value is -2.62. The molecule has 122 valence electrons. The highest BCUT2D eigenvalue weighted by Gasteiger charge is 2.27. The van der Waals surface area contributed by atoms with Crippen LogP contribution in [0.1, 0.15) is 26.5 Å². The van der Waals surface area contributed by atoms with Gasteiger partial charge in [0.2, 0.25) is 6.19 Å². The molecule has 0 atom stereocenters. The van der Waals surface area contributed by atoms with Crippen LogP contribution in [0.5, 0.6) is 0 Å². The molecule has 1 aliphatic heterocycles. The summed E-state index contributed by atoms with van der Waals surface area (Å²) in [6, 6.07) is 5.48. The predicted molar refractivity (Wildman–Crippen MR) is 85.8 cm³/mol. The van der Waals surface area contributed by atoms with Crippen molar-refractivity contribution in [1.29, 1.82) is 5.26 Å². The van der Waals surface area contributed by atoms with Gasteiger partial charge in [-0.2, -0.15) is 10.3 Å². The Morgan fingerprint density at radius 2 is 1.91 bits per heavy atom. The number of nitriles is 1. The molecule has 7 nitrogen and oxygen atoms in total. The van der Waals surface area contributed by atoms with Crippen molar-refractivity contribution in [1.82, 2.24) is 14.8 Å². The molecule has 0 bridgehead atoms. The molecular formula is C16H21N5O2. The number of carbonyl (C=O) groups excluding carboxylic acids is 1. The first-order valence-electron chi connectivity index (χ1n) is 7.52. The zero-order valence-electron chi connectivity index (χ0n) is 13.7. The van der Waals surface area contributed by atoms with Crippen LogP contribution in [-0.2, 0) is 4.74 Å². The van der Waals surface area contributed by atoms with Crippen LogP contribution in [-0.4, -0.2) is 58.5 Å². The molecular weight excluding hydrogens is 294 g/mol. The van der Waals surface area contributed by atoms with Crippen molar-refractivity contribution in [3.05, 3.63) is 30.1 Å². The average molecular weight is 315 g/mol. The molecule has 0 saturated carbocycles. The van der Waals surface area contributed by atoms with Crippen molar-refractivity contribution >= 4 is 11.9 Å². The SMILES string of the molecule is CC(C)(C)OC(=O)N1CCN(C(=NC#N)c2ccccn2)CC1. The summed E-state index contributed by atoms with van der Waals surface area (Å²) in [4.78, 5) is 23.9. The molecule has 7 heteroatoms. The number of nitrogens with zero attached hydrogens (tertiary/aromatic N) is 5. The minimum absolute atomic E-state index is 0.311. The second-order valence-corrected chi connectivity index (χ2v) is 6.20. The normalized spacial score (nSPS) is 16.0. The first-order chi connectivity index (χ1) is 10.9. The third-order valence-corrected chi connectivity index (χ3v) is 3.28. The van der Waals surface area contributed by atoms with Crippen molar-refractivity contribution < 1.29 is 9.53 Å². The molecule has 1 fully saturated rings. The zero-order chi connectivity index (χ0) is 16.9. The van der Waals surface area contributed by atoms with Crippen LogP contribution in [0.25, 0.3) is 0 Å². The van der Waals surface area contributed by atoms with E-state index in [1.165, 1.54) is 0 Å². The Labute approximate surface area is 136 Å². The van der Waals surface area contributed by atoms with Crippen molar-refractivity contribution in [3.63, 3.8) is 0 Å². The van der Waals surface area contributed by atoms with Gasteiger partial charge in [-0.3, -0.25) is 4.98 Å². The van der Waals surface area contributed by atoms with Crippen molar-refractivity contribution in [2.24, 2.45) is 4.99 Å². The fourth-order valence-electron chi connectivity index (χ4n) is 2.26. The molecule has 0 aromatic carbocycles. The van der Waals surface area contributed by atoms with E-state index in [9.17, 15) is 4.79 Å². The lowest BCUT2D eigenvalue weighted by Crippen LogP contribution is -2.51. The number of aromatic nitrogens is 1. The van der Waals surface area contributed by atoms with Gasteiger partial charge in [0.25, 0.3) is 0 Å². The van der Waals surface area contributed by atoms with Gasteiger partial charge in [0.05, 0.1) is 0 Å². The maximum absolute atomic E-state index is 12.1. The van der Waals surface area contributed by atoms with E-state index in [1.54, 1.807) is 11.1 Å². The number of hydrogen-bond donors (Lipinski definition) is 0. The molecule has 2 rings (SSSR count). The predicted octanol–water partition coefficient (Wildman–Crippen LogP) is 1.86. The molecule has 23 heavy (non-hydrogen) atoms. The Morgan fingerprint density at radius 3 is 2.43 bits per heavy atom. The molecule has 1 aromatic rings. The van der Waals surface area contributed by atoms with Gasteiger partial charge in [0.15, 0.2) is 5.84 Å². The Kier molecular flexibility index (Phi) is 5.16. The molecule has 2 heterocycles. The van der Waals surface area contributed by atoms with Gasteiger partial charge in [-0.25, -0.2) is 4.79 Å². The molecule has 0 spiro atoms. The minimum atomic E-state index is -0.504. The highest BCUT2D eigenvalue weighted by molar-refractivity contribution is 5.97. The lowest BCUT2D eigenvalue weighted by Gasteiger charge is -2.36. The number of hydrogen-bond acceptors (Lipinski definition) is 5. The van der Waals surface area contributed by atoms with Gasteiger partial charge in [0, 0.05) is 32.4 Å². The fraction of sp³-hybridized carbons (Fsp3) is 0.500. The van der Waals surface area contributed by atoms with E-state index in [1.807, 2.05) is 50.1 Å². The van der Waals surface area contributed by atoms with E-state index in [2.05, 4.69) is 9.98 Å². The maximum atomic E-state index is 12.1. The molecule has 1 aromatic heterocycles. The van der Waals surface area contributed by atoms with E-state index in [4.69, 9.17) is 10.00 Å². The standard InChI is InChI=1S/C16H21N5O2/c1-16(2,3)23-15(22)21-10-8-20(9-11-21)14(19-12-17)13-6-4-5-7-18-13/h4-7H,8-11H2,1-3H3. The number of pyridine rings is 1. The van der Waals surface area contributed by atoms with Gasteiger partial charge < -0.3 is 14.5 Å². The molecule has 1 aliphatic rings. The van der Waals surface area contributed by atoms with E-state index < -0.39 is 5.60 Å². The van der Waals surface area contributed by atoms with Gasteiger partial charge in [-0.15, -0.1) is 0 Å². The minimum Gasteiger partial charge on any atom is -0.444 e. The molecule has 0 N–H and O–H groups in total. The summed E-state index contributed by atoms with van der Waals surface area (Å²) in [6.07, 6.45) is 3.18. The fourth-order valence-corrected chi connectivity index (χ4v) is 2.26. The van der Waals surface area contributed by atoms with E-state index >= 15 is 0 Å². The third-order valence-electron chi connectivity index (χ3n) is 3.28. The smallest absolute Gasteiger partial charge is 0.410 e. The Balaban J connectivity index is 2.02. The number of piperazine rings is 1. The lowest BCUT2D eigenvalue weighted by atomic mass is 10.2. The van der Waals surface area contributed by atoms with Gasteiger partial charge in [-0.05, 0) is 32.9 Å². The summed E-state index contributed by atoms with van der Waals surface area (Å²) in [5.74, 6) is 0.539. The number of rotatable bonds is 1. The summed E-state index contributed by atoms with van der Waals surface area (Å²) < 4.78 is 5.38. The number of aliphatic imine (C=N–C) groups is 1. The lowest BCUT2D eigenvalue weighted by molar-refractivity contribution is 0.0187. The summed E-state index contributed by atoms with van der Waals surface area (Å²) >= 11 is 0. The zero-order valence-corrected chi connectivity index (χ0v) is 13.7. The highest BCUT2D eigenvalue weighted by Crippen LogP contribution is 2.13. The Morgan fingerprint density at radius 1 is 1.26 bits per heavy atom. The van der Waals surface area contributed by atoms with Crippen LogP contribution < -0.4 is 0 Å². The maximum Gasteiger partial charge on any atom is 0.410 e. The summed E-state index contributed by atoms with van der Waals surface area (Å²) in [6.45, 7) is 7.74. The van der Waals surface area contributed by atoms with Crippen LogP contribution in [0.2, 0.25) is 0 Å². The largest absolute Gasteiger partial charge is 0.444 e. The second-order valence-electron chi connectivity index (χ2n) is 6.20. The summed E-state index contributed by atoms with van der Waals surface area (Å²) in [7, 11) is 0.